The molecular formula is C15H25NO. The topological polar surface area (TPSA) is 21.3 Å². The van der Waals surface area contributed by atoms with Gasteiger partial charge in [0, 0.05) is 12.1 Å². The fourth-order valence-electron chi connectivity index (χ4n) is 1.47. The van der Waals surface area contributed by atoms with Crippen molar-refractivity contribution in [3.05, 3.63) is 29.8 Å². The molecule has 17 heavy (non-hydrogen) atoms. The van der Waals surface area contributed by atoms with Gasteiger partial charge in [0.05, 0.1) is 6.10 Å². The van der Waals surface area contributed by atoms with Crippen molar-refractivity contribution in [1.29, 1.82) is 0 Å². The van der Waals surface area contributed by atoms with Gasteiger partial charge in [0.1, 0.15) is 5.75 Å². The second kappa shape index (κ2) is 6.06. The van der Waals surface area contributed by atoms with Gasteiger partial charge in [-0.3, -0.25) is 0 Å². The zero-order valence-electron chi connectivity index (χ0n) is 11.7. The molecule has 1 rings (SSSR count). The van der Waals surface area contributed by atoms with Gasteiger partial charge in [0.25, 0.3) is 0 Å². The molecule has 0 saturated heterocycles. The number of hydrogen-bond acceptors (Lipinski definition) is 2. The maximum absolute atomic E-state index is 5.69. The zero-order valence-corrected chi connectivity index (χ0v) is 11.7. The van der Waals surface area contributed by atoms with Crippen LogP contribution >= 0.6 is 0 Å². The van der Waals surface area contributed by atoms with Crippen molar-refractivity contribution in [2.45, 2.75) is 59.2 Å². The third-order valence-electron chi connectivity index (χ3n) is 2.93. The molecule has 0 spiro atoms. The first-order valence-corrected chi connectivity index (χ1v) is 6.43. The Labute approximate surface area is 105 Å². The molecule has 1 N–H and O–H groups in total. The Hall–Kier alpha value is -1.02. The third-order valence-corrected chi connectivity index (χ3v) is 2.93. The molecule has 96 valence electrons. The van der Waals surface area contributed by atoms with E-state index in [1.165, 1.54) is 5.56 Å². The smallest absolute Gasteiger partial charge is 0.120 e. The molecule has 0 aliphatic heterocycles. The van der Waals surface area contributed by atoms with E-state index < -0.39 is 0 Å². The Morgan fingerprint density at radius 3 is 2.59 bits per heavy atom. The quantitative estimate of drug-likeness (QED) is 0.810. The van der Waals surface area contributed by atoms with E-state index in [0.717, 1.165) is 18.7 Å². The minimum absolute atomic E-state index is 0.189. The fourth-order valence-corrected chi connectivity index (χ4v) is 1.47. The summed E-state index contributed by atoms with van der Waals surface area (Å²) in [6.07, 6.45) is 1.35. The van der Waals surface area contributed by atoms with Gasteiger partial charge in [-0.1, -0.05) is 19.1 Å². The summed E-state index contributed by atoms with van der Waals surface area (Å²) in [5, 5.41) is 3.55. The van der Waals surface area contributed by atoms with Crippen molar-refractivity contribution in [1.82, 2.24) is 5.32 Å². The molecule has 2 nitrogen and oxygen atoms in total. The van der Waals surface area contributed by atoms with Crippen LogP contribution < -0.4 is 10.1 Å². The third kappa shape index (κ3) is 5.22. The molecule has 2 heteroatoms. The molecule has 1 aromatic carbocycles. The highest BCUT2D eigenvalue weighted by molar-refractivity contribution is 5.28. The largest absolute Gasteiger partial charge is 0.491 e. The molecule has 0 saturated carbocycles. The standard InChI is InChI=1S/C15H25NO/c1-6-15(4,5)16-11-13-8-7-9-14(10-13)17-12(2)3/h7-10,12,16H,6,11H2,1-5H3. The van der Waals surface area contributed by atoms with Gasteiger partial charge < -0.3 is 10.1 Å². The highest BCUT2D eigenvalue weighted by Gasteiger charge is 2.13. The second-order valence-corrected chi connectivity index (χ2v) is 5.41. The van der Waals surface area contributed by atoms with Crippen LogP contribution in [-0.4, -0.2) is 11.6 Å². The summed E-state index contributed by atoms with van der Waals surface area (Å²) >= 11 is 0. The van der Waals surface area contributed by atoms with Crippen LogP contribution in [0.1, 0.15) is 46.6 Å². The van der Waals surface area contributed by atoms with Gasteiger partial charge >= 0.3 is 0 Å². The molecule has 0 heterocycles. The number of benzene rings is 1. The highest BCUT2D eigenvalue weighted by atomic mass is 16.5. The Balaban J connectivity index is 2.60. The summed E-state index contributed by atoms with van der Waals surface area (Å²) in [6.45, 7) is 11.6. The van der Waals surface area contributed by atoms with Crippen LogP contribution in [0.5, 0.6) is 5.75 Å². The average molecular weight is 235 g/mol. The van der Waals surface area contributed by atoms with Crippen molar-refractivity contribution in [2.75, 3.05) is 0 Å². The van der Waals surface area contributed by atoms with E-state index in [-0.39, 0.29) is 11.6 Å². The molecule has 1 aromatic rings. The molecule has 0 unspecified atom stereocenters. The van der Waals surface area contributed by atoms with E-state index in [1.807, 2.05) is 26.0 Å². The van der Waals surface area contributed by atoms with E-state index in [4.69, 9.17) is 4.74 Å². The lowest BCUT2D eigenvalue weighted by Crippen LogP contribution is -2.37. The molecule has 0 fully saturated rings. The SMILES string of the molecule is CCC(C)(C)NCc1cccc(OC(C)C)c1. The number of hydrogen-bond donors (Lipinski definition) is 1. The summed E-state index contributed by atoms with van der Waals surface area (Å²) < 4.78 is 5.69. The summed E-state index contributed by atoms with van der Waals surface area (Å²) in [6, 6.07) is 8.30. The summed E-state index contributed by atoms with van der Waals surface area (Å²) in [7, 11) is 0. The first kappa shape index (κ1) is 14.0. The maximum Gasteiger partial charge on any atom is 0.120 e. The lowest BCUT2D eigenvalue weighted by Gasteiger charge is -2.24. The summed E-state index contributed by atoms with van der Waals surface area (Å²) in [5.74, 6) is 0.952. The molecule has 0 radical (unpaired) electrons. The molecule has 0 bridgehead atoms. The lowest BCUT2D eigenvalue weighted by molar-refractivity contribution is 0.242. The fraction of sp³-hybridized carbons (Fsp3) is 0.600. The Bertz CT molecular complexity index is 345. The van der Waals surface area contributed by atoms with Crippen molar-refractivity contribution < 1.29 is 4.74 Å². The van der Waals surface area contributed by atoms with Gasteiger partial charge in [-0.25, -0.2) is 0 Å². The first-order chi connectivity index (χ1) is 7.93. The van der Waals surface area contributed by atoms with E-state index >= 15 is 0 Å². The van der Waals surface area contributed by atoms with Crippen LogP contribution in [-0.2, 0) is 6.54 Å². The number of rotatable bonds is 6. The first-order valence-electron chi connectivity index (χ1n) is 6.43. The number of nitrogens with one attached hydrogen (secondary N) is 1. The van der Waals surface area contributed by atoms with Gasteiger partial charge in [-0.05, 0) is 51.8 Å². The molecule has 0 aromatic heterocycles. The maximum atomic E-state index is 5.69. The van der Waals surface area contributed by atoms with E-state index in [0.29, 0.717) is 0 Å². The molecule has 0 atom stereocenters. The van der Waals surface area contributed by atoms with Crippen LogP contribution in [0.4, 0.5) is 0 Å². The minimum Gasteiger partial charge on any atom is -0.491 e. The Morgan fingerprint density at radius 1 is 1.29 bits per heavy atom. The van der Waals surface area contributed by atoms with E-state index in [1.54, 1.807) is 0 Å². The predicted molar refractivity (Wildman–Crippen MR) is 73.4 cm³/mol. The van der Waals surface area contributed by atoms with Crippen LogP contribution in [0.25, 0.3) is 0 Å². The van der Waals surface area contributed by atoms with Gasteiger partial charge in [-0.2, -0.15) is 0 Å². The molecular weight excluding hydrogens is 210 g/mol. The highest BCUT2D eigenvalue weighted by Crippen LogP contribution is 2.16. The van der Waals surface area contributed by atoms with Crippen LogP contribution in [0.3, 0.4) is 0 Å². The van der Waals surface area contributed by atoms with Crippen molar-refractivity contribution in [3.63, 3.8) is 0 Å². The average Bonchev–Trinajstić information content (AvgIpc) is 2.26. The number of ether oxygens (including phenoxy) is 1. The van der Waals surface area contributed by atoms with Crippen molar-refractivity contribution in [2.24, 2.45) is 0 Å². The van der Waals surface area contributed by atoms with Gasteiger partial charge in [0.2, 0.25) is 0 Å². The van der Waals surface area contributed by atoms with E-state index in [9.17, 15) is 0 Å². The zero-order chi connectivity index (χ0) is 12.9. The van der Waals surface area contributed by atoms with Crippen LogP contribution in [0.15, 0.2) is 24.3 Å². The van der Waals surface area contributed by atoms with Crippen LogP contribution in [0, 0.1) is 0 Å². The normalized spacial score (nSPS) is 11.9. The van der Waals surface area contributed by atoms with Gasteiger partial charge in [0.15, 0.2) is 0 Å². The summed E-state index contributed by atoms with van der Waals surface area (Å²) in [4.78, 5) is 0. The Morgan fingerprint density at radius 2 is 2.00 bits per heavy atom. The molecule has 0 aliphatic carbocycles. The molecule has 0 amide bonds. The second-order valence-electron chi connectivity index (χ2n) is 5.41. The predicted octanol–water partition coefficient (Wildman–Crippen LogP) is 3.75. The monoisotopic (exact) mass is 235 g/mol. The minimum atomic E-state index is 0.189. The lowest BCUT2D eigenvalue weighted by atomic mass is 10.0. The van der Waals surface area contributed by atoms with Crippen LogP contribution in [0.2, 0.25) is 0 Å². The van der Waals surface area contributed by atoms with E-state index in [2.05, 4.69) is 38.2 Å². The summed E-state index contributed by atoms with van der Waals surface area (Å²) in [5.41, 5.74) is 1.46. The van der Waals surface area contributed by atoms with Crippen molar-refractivity contribution >= 4 is 0 Å². The van der Waals surface area contributed by atoms with Crippen molar-refractivity contribution in [3.8, 4) is 5.75 Å². The van der Waals surface area contributed by atoms with Gasteiger partial charge in [-0.15, -0.1) is 0 Å². The molecule has 0 aliphatic rings. The Kier molecular flexibility index (Phi) is 5.01.